The van der Waals surface area contributed by atoms with Crippen molar-refractivity contribution in [3.05, 3.63) is 301 Å². The van der Waals surface area contributed by atoms with E-state index < -0.39 is 11.8 Å². The Balaban J connectivity index is 0.000000136. The van der Waals surface area contributed by atoms with Crippen molar-refractivity contribution < 1.29 is 46.6 Å². The van der Waals surface area contributed by atoms with Gasteiger partial charge in [0.1, 0.15) is 23.1 Å². The Bertz CT molecular complexity index is 7480. The highest BCUT2D eigenvalue weighted by Crippen LogP contribution is 2.37. The summed E-state index contributed by atoms with van der Waals surface area (Å²) in [6.07, 6.45) is 21.8. The van der Waals surface area contributed by atoms with Crippen molar-refractivity contribution in [2.45, 2.75) is 82.8 Å². The van der Waals surface area contributed by atoms with E-state index in [4.69, 9.17) is 4.74 Å². The lowest BCUT2D eigenvalue weighted by molar-refractivity contribution is -0.0566. The molecule has 4 amide bonds. The number of benzene rings is 5. The average Bonchev–Trinajstić information content (AvgIpc) is 1.68. The highest BCUT2D eigenvalue weighted by Gasteiger charge is 2.39. The van der Waals surface area contributed by atoms with Gasteiger partial charge in [-0.1, -0.05) is 42.5 Å². The molecule has 774 valence electrons. The lowest BCUT2D eigenvalue weighted by Crippen LogP contribution is -2.38. The molecular formula is C111H121F4N29O6. The van der Waals surface area contributed by atoms with E-state index in [0.717, 1.165) is 189 Å². The molecule has 9 N–H and O–H groups in total. The van der Waals surface area contributed by atoms with Crippen molar-refractivity contribution in [2.24, 2.45) is 0 Å². The van der Waals surface area contributed by atoms with Crippen molar-refractivity contribution in [3.63, 3.8) is 0 Å². The number of likely N-dealkylation sites (N-methyl/N-ethyl adjacent to an activating group) is 4. The summed E-state index contributed by atoms with van der Waals surface area (Å²) in [6, 6.07) is 55.6. The number of piperidine rings is 2. The Hall–Kier alpha value is -16.1. The van der Waals surface area contributed by atoms with E-state index in [1.165, 1.54) is 0 Å². The first-order valence-electron chi connectivity index (χ1n) is 49.5. The molecule has 5 aromatic carbocycles. The van der Waals surface area contributed by atoms with Crippen molar-refractivity contribution in [2.75, 3.05) is 167 Å². The minimum Gasteiger partial charge on any atom is -0.456 e. The van der Waals surface area contributed by atoms with E-state index in [2.05, 4.69) is 132 Å². The number of pyridine rings is 8. The first-order chi connectivity index (χ1) is 72.3. The molecule has 3 fully saturated rings. The van der Waals surface area contributed by atoms with Crippen LogP contribution in [0.25, 0.3) is 88.1 Å². The molecule has 0 aliphatic carbocycles. The highest BCUT2D eigenvalue weighted by atomic mass is 19.3. The standard InChI is InChI=1S/C29H34F2N8O.C28H32F2N8O.C27H31N7O2.C27H24N6O2/c1-37(2)12-13-38(3)26-7-5-23(18-33-26)34-28(40)27-24-15-21(4-6-25(24)35-36-27)22-14-20(16-32-17-22)19-39-10-8-29(30,31)9-11-39;1-36(2)10-11-37(3)25-7-5-22(16-32-25)33-27(39)26-23-13-20(4-6-24(23)34-35-26)21-12-19(14-31-15-21)17-38-9-8-28(29,30)18-38;1-33(2)17-22-5-4-21(15-29-22)30-27(36)26-24-12-19(3-6-25(24)31-32-26)20-11-18(13-28-14-20)16-34-9-7-23(35)8-10-34;1-33(2)17-21-10-9-20(15-29-21)30-27(34)26-24-13-18(8-11-25(24)31-32-26)19-12-23(16-28-14-19)35-22-6-4-3-5-7-22/h4-7,14-18H,8-13,19H2,1-3H3,(H,34,40)(H,35,36);4-7,12-16H,8-11,17-18H2,1-3H3,(H,33,39)(H,34,35);3-6,11-15,23,35H,7-10,16-17H2,1-2H3,(H,30,36)(H,31,32);3-16H,17H2,1-2H3,(H,30,34)(H,31,32). The zero-order chi connectivity index (χ0) is 105. The molecule has 12 aromatic heterocycles. The largest absolute Gasteiger partial charge is 0.456 e. The van der Waals surface area contributed by atoms with Gasteiger partial charge in [0.2, 0.25) is 0 Å². The topological polar surface area (TPSA) is 393 Å². The number of para-hydroxylation sites is 1. The van der Waals surface area contributed by atoms with Crippen molar-refractivity contribution in [1.29, 1.82) is 0 Å². The summed E-state index contributed by atoms with van der Waals surface area (Å²) >= 11 is 0. The predicted molar refractivity (Wildman–Crippen MR) is 576 cm³/mol. The Labute approximate surface area is 865 Å². The molecule has 15 heterocycles. The molecule has 0 radical (unpaired) electrons. The van der Waals surface area contributed by atoms with Gasteiger partial charge in [0, 0.05) is 212 Å². The molecule has 150 heavy (non-hydrogen) atoms. The normalized spacial score (nSPS) is 14.3. The number of likely N-dealkylation sites (tertiary alicyclic amines) is 3. The minimum absolute atomic E-state index is 0.115. The number of nitrogens with zero attached hydrogens (tertiary/aromatic N) is 21. The number of aromatic amines is 4. The maximum absolute atomic E-state index is 13.6. The number of aliphatic hydroxyl groups is 1. The number of anilines is 6. The third-order valence-corrected chi connectivity index (χ3v) is 25.8. The van der Waals surface area contributed by atoms with Crippen LogP contribution in [0.3, 0.4) is 0 Å². The molecule has 0 unspecified atom stereocenters. The van der Waals surface area contributed by atoms with E-state index in [9.17, 15) is 41.8 Å². The number of hydrogen-bond acceptors (Lipinski definition) is 27. The van der Waals surface area contributed by atoms with Gasteiger partial charge in [-0.05, 0) is 242 Å². The minimum atomic E-state index is -2.63. The molecule has 3 aliphatic rings. The highest BCUT2D eigenvalue weighted by molar-refractivity contribution is 6.14. The molecule has 39 heteroatoms. The maximum atomic E-state index is 13.6. The van der Waals surface area contributed by atoms with Gasteiger partial charge >= 0.3 is 0 Å². The summed E-state index contributed by atoms with van der Waals surface area (Å²) in [5.41, 5.74) is 18.6. The van der Waals surface area contributed by atoms with Gasteiger partial charge in [0.25, 0.3) is 35.5 Å². The maximum Gasteiger partial charge on any atom is 0.276 e. The Morgan fingerprint density at radius 3 is 1.03 bits per heavy atom. The van der Waals surface area contributed by atoms with Gasteiger partial charge in [-0.2, -0.15) is 20.4 Å². The second-order valence-corrected chi connectivity index (χ2v) is 39.0. The summed E-state index contributed by atoms with van der Waals surface area (Å²) < 4.78 is 60.2. The van der Waals surface area contributed by atoms with E-state index in [1.54, 1.807) is 66.9 Å². The number of carbonyl (C=O) groups excluding carboxylic acids is 4. The summed E-state index contributed by atoms with van der Waals surface area (Å²) in [5.74, 6) is -3.48. The van der Waals surface area contributed by atoms with Crippen molar-refractivity contribution in [1.82, 2.24) is 115 Å². The van der Waals surface area contributed by atoms with Crippen LogP contribution in [0.4, 0.5) is 51.9 Å². The van der Waals surface area contributed by atoms with E-state index in [0.29, 0.717) is 88.8 Å². The van der Waals surface area contributed by atoms with Crippen LogP contribution in [0.5, 0.6) is 11.5 Å². The van der Waals surface area contributed by atoms with E-state index >= 15 is 0 Å². The van der Waals surface area contributed by atoms with Gasteiger partial charge in [-0.3, -0.25) is 84.2 Å². The lowest BCUT2D eigenvalue weighted by Gasteiger charge is -2.31. The quantitative estimate of drug-likeness (QED) is 0.0177. The fraction of sp³-hybridized carbons (Fsp3) is 0.297. The smallest absolute Gasteiger partial charge is 0.276 e. The van der Waals surface area contributed by atoms with Gasteiger partial charge in [-0.25, -0.2) is 27.5 Å². The number of amides is 4. The molecule has 3 aliphatic heterocycles. The Morgan fingerprint density at radius 2 is 0.693 bits per heavy atom. The molecule has 0 bridgehead atoms. The zero-order valence-electron chi connectivity index (χ0n) is 85.3. The van der Waals surface area contributed by atoms with Crippen molar-refractivity contribution in [3.8, 4) is 56.0 Å². The summed E-state index contributed by atoms with van der Waals surface area (Å²) in [7, 11) is 20.0. The first kappa shape index (κ1) is 105. The van der Waals surface area contributed by atoms with Crippen LogP contribution in [-0.4, -0.2) is 298 Å². The van der Waals surface area contributed by atoms with Crippen molar-refractivity contribution >= 4 is 102 Å². The SMILES string of the molecule is CN(C)CCN(C)c1ccc(NC(=O)c2n[nH]c3ccc(-c4cncc(CN5CCC(F)(F)C5)c4)cc23)cn1.CN(C)CCN(C)c1ccc(NC(=O)c2n[nH]c3ccc(-c4cncc(CN5CCC(F)(F)CC5)c4)cc23)cn1.CN(C)Cc1ccc(NC(=O)c2n[nH]c3ccc(-c4cncc(CN5CCC(O)CC5)c4)cc23)cn1.CN(C)Cc1ccc(NC(=O)c2n[nH]c3ccc(-c4cncc(Oc5ccccc5)c4)cc23)cn1. The fourth-order valence-electron chi connectivity index (χ4n) is 17.6. The average molecular weight is 2030 g/mol. The number of halogens is 4. The molecule has 35 nitrogen and oxygen atoms in total. The summed E-state index contributed by atoms with van der Waals surface area (Å²) in [4.78, 5) is 106. The number of nitrogens with one attached hydrogen (secondary N) is 8. The molecule has 0 saturated carbocycles. The molecule has 0 atom stereocenters. The second kappa shape index (κ2) is 48.2. The number of fused-ring (bicyclic) bond motifs is 4. The number of rotatable bonds is 32. The number of aromatic nitrogens is 16. The van der Waals surface area contributed by atoms with Gasteiger partial charge in [0.05, 0.1) is 99.8 Å². The van der Waals surface area contributed by atoms with Crippen LogP contribution in [0.15, 0.2) is 250 Å². The number of carbonyl (C=O) groups is 4. The molecule has 20 rings (SSSR count). The zero-order valence-corrected chi connectivity index (χ0v) is 85.3. The van der Waals surface area contributed by atoms with E-state index in [1.807, 2.05) is 267 Å². The molecule has 3 saturated heterocycles. The van der Waals surface area contributed by atoms with Crippen LogP contribution in [0, 0.1) is 0 Å². The Morgan fingerprint density at radius 1 is 0.353 bits per heavy atom. The molecule has 17 aromatic rings. The molecule has 0 spiro atoms. The number of aliphatic hydroxyl groups excluding tert-OH is 1. The lowest BCUT2D eigenvalue weighted by atomic mass is 10.0. The van der Waals surface area contributed by atoms with E-state index in [-0.39, 0.29) is 66.9 Å². The molecular weight excluding hydrogens is 1910 g/mol. The van der Waals surface area contributed by atoms with Crippen LogP contribution in [-0.2, 0) is 32.7 Å². The third kappa shape index (κ3) is 28.2. The number of H-pyrrole nitrogens is 4. The number of ether oxygens (including phenoxy) is 1. The summed E-state index contributed by atoms with van der Waals surface area (Å²) in [5, 5.41) is 52.9. The van der Waals surface area contributed by atoms with Crippen LogP contribution >= 0.6 is 0 Å². The van der Waals surface area contributed by atoms with Crippen LogP contribution in [0.1, 0.15) is 102 Å². The predicted octanol–water partition coefficient (Wildman–Crippen LogP) is 17.0. The van der Waals surface area contributed by atoms with Crippen LogP contribution in [0.2, 0.25) is 0 Å². The van der Waals surface area contributed by atoms with Gasteiger partial charge in [-0.15, -0.1) is 0 Å². The summed E-state index contributed by atoms with van der Waals surface area (Å²) in [6.45, 7) is 9.36. The van der Waals surface area contributed by atoms with Gasteiger partial charge < -0.3 is 60.5 Å². The fourth-order valence-corrected chi connectivity index (χ4v) is 17.6. The number of hydrogen-bond donors (Lipinski definition) is 9. The second-order valence-electron chi connectivity index (χ2n) is 39.0. The number of alkyl halides is 4. The Kier molecular flexibility index (Phi) is 33.8. The third-order valence-electron chi connectivity index (χ3n) is 25.8. The first-order valence-corrected chi connectivity index (χ1v) is 49.5. The van der Waals surface area contributed by atoms with Gasteiger partial charge in [0.15, 0.2) is 22.8 Å². The monoisotopic (exact) mass is 2030 g/mol. The van der Waals surface area contributed by atoms with Crippen LogP contribution < -0.4 is 35.8 Å².